The molecule has 0 heterocycles. The van der Waals surface area contributed by atoms with Crippen molar-refractivity contribution in [1.29, 1.82) is 0 Å². The fraction of sp³-hybridized carbons (Fsp3) is 0.308. The molecule has 1 atom stereocenters. The molecule has 0 fully saturated rings. The molecule has 0 aliphatic heterocycles. The number of rotatable bonds is 5. The molecule has 1 aromatic carbocycles. The summed E-state index contributed by atoms with van der Waals surface area (Å²) in [5.41, 5.74) is 0.0629. The summed E-state index contributed by atoms with van der Waals surface area (Å²) in [6.07, 6.45) is -5.90. The van der Waals surface area contributed by atoms with E-state index in [1.165, 1.54) is 29.6 Å². The van der Waals surface area contributed by atoms with Crippen LogP contribution in [0.4, 0.5) is 13.2 Å². The molecule has 0 radical (unpaired) electrons. The first-order chi connectivity index (χ1) is 10.1. The summed E-state index contributed by atoms with van der Waals surface area (Å²) < 4.78 is 40.9. The van der Waals surface area contributed by atoms with Crippen LogP contribution in [0.15, 0.2) is 24.3 Å². The third-order valence-corrected chi connectivity index (χ3v) is 2.63. The Balaban J connectivity index is 2.85. The number of halogens is 3. The normalized spacial score (nSPS) is 12.4. The number of carbonyl (C=O) groups is 3. The standard InChI is InChI=1S/C13H12F3NO5/c1-22-11(20)9(17-12(21)13(14,15)16)6-10(19)7-2-4-8(18)5-3-7/h2-5,9,18H,6H2,1H3,(H,17,21)/t9-/m1/s1. The number of hydrogen-bond donors (Lipinski definition) is 2. The minimum atomic E-state index is -5.19. The second-order valence-electron chi connectivity index (χ2n) is 4.22. The highest BCUT2D eigenvalue weighted by molar-refractivity contribution is 6.00. The van der Waals surface area contributed by atoms with Crippen LogP contribution in [0.1, 0.15) is 16.8 Å². The van der Waals surface area contributed by atoms with Crippen molar-refractivity contribution in [3.8, 4) is 5.75 Å². The number of alkyl halides is 3. The molecule has 0 bridgehead atoms. The number of nitrogens with one attached hydrogen (secondary N) is 1. The first kappa shape index (κ1) is 17.5. The Bertz CT molecular complexity index is 568. The minimum Gasteiger partial charge on any atom is -0.508 e. The largest absolute Gasteiger partial charge is 0.508 e. The molecule has 0 aliphatic rings. The number of methoxy groups -OCH3 is 1. The molecule has 0 unspecified atom stereocenters. The molecule has 6 nitrogen and oxygen atoms in total. The highest BCUT2D eigenvalue weighted by Crippen LogP contribution is 2.16. The first-order valence-corrected chi connectivity index (χ1v) is 5.93. The fourth-order valence-corrected chi connectivity index (χ4v) is 1.53. The van der Waals surface area contributed by atoms with Crippen molar-refractivity contribution in [2.45, 2.75) is 18.6 Å². The molecule has 0 saturated heterocycles. The summed E-state index contributed by atoms with van der Waals surface area (Å²) >= 11 is 0. The lowest BCUT2D eigenvalue weighted by Gasteiger charge is -2.16. The summed E-state index contributed by atoms with van der Waals surface area (Å²) in [5.74, 6) is -4.32. The molecule has 9 heteroatoms. The van der Waals surface area contributed by atoms with Crippen LogP contribution in [0, 0.1) is 0 Å². The quantitative estimate of drug-likeness (QED) is 0.628. The number of esters is 1. The van der Waals surface area contributed by atoms with Crippen molar-refractivity contribution >= 4 is 17.7 Å². The number of aromatic hydroxyl groups is 1. The lowest BCUT2D eigenvalue weighted by molar-refractivity contribution is -0.175. The van der Waals surface area contributed by atoms with Crippen LogP contribution in [0.25, 0.3) is 0 Å². The predicted molar refractivity (Wildman–Crippen MR) is 67.1 cm³/mol. The zero-order valence-corrected chi connectivity index (χ0v) is 11.3. The monoisotopic (exact) mass is 319 g/mol. The Morgan fingerprint density at radius 3 is 2.23 bits per heavy atom. The van der Waals surface area contributed by atoms with Crippen LogP contribution in [-0.2, 0) is 14.3 Å². The van der Waals surface area contributed by atoms with Gasteiger partial charge in [0.05, 0.1) is 7.11 Å². The maximum atomic E-state index is 12.2. The Hall–Kier alpha value is -2.58. The van der Waals surface area contributed by atoms with E-state index in [4.69, 9.17) is 5.11 Å². The zero-order chi connectivity index (χ0) is 16.9. The number of Topliss-reactive ketones (excluding diaryl/α,β-unsaturated/α-hetero) is 1. The Morgan fingerprint density at radius 1 is 1.23 bits per heavy atom. The topological polar surface area (TPSA) is 92.7 Å². The van der Waals surface area contributed by atoms with E-state index >= 15 is 0 Å². The fourth-order valence-electron chi connectivity index (χ4n) is 1.53. The maximum absolute atomic E-state index is 12.2. The lowest BCUT2D eigenvalue weighted by Crippen LogP contribution is -2.48. The Kier molecular flexibility index (Phi) is 5.50. The van der Waals surface area contributed by atoms with E-state index in [9.17, 15) is 27.6 Å². The molecule has 0 aromatic heterocycles. The average Bonchev–Trinajstić information content (AvgIpc) is 2.45. The van der Waals surface area contributed by atoms with Gasteiger partial charge in [-0.25, -0.2) is 4.79 Å². The van der Waals surface area contributed by atoms with Gasteiger partial charge in [-0.1, -0.05) is 0 Å². The van der Waals surface area contributed by atoms with E-state index in [1.807, 2.05) is 0 Å². The van der Waals surface area contributed by atoms with Gasteiger partial charge in [0.25, 0.3) is 0 Å². The molecule has 0 saturated carbocycles. The smallest absolute Gasteiger partial charge is 0.471 e. The van der Waals surface area contributed by atoms with Gasteiger partial charge in [-0.05, 0) is 24.3 Å². The van der Waals surface area contributed by atoms with E-state index in [1.54, 1.807) is 0 Å². The second-order valence-corrected chi connectivity index (χ2v) is 4.22. The van der Waals surface area contributed by atoms with Gasteiger partial charge in [-0.3, -0.25) is 9.59 Å². The number of hydrogen-bond acceptors (Lipinski definition) is 5. The SMILES string of the molecule is COC(=O)[C@@H](CC(=O)c1ccc(O)cc1)NC(=O)C(F)(F)F. The summed E-state index contributed by atoms with van der Waals surface area (Å²) in [6.45, 7) is 0. The number of ketones is 1. The number of ether oxygens (including phenoxy) is 1. The van der Waals surface area contributed by atoms with Crippen molar-refractivity contribution in [3.05, 3.63) is 29.8 Å². The molecule has 1 amide bonds. The molecule has 2 N–H and O–H groups in total. The maximum Gasteiger partial charge on any atom is 0.471 e. The van der Waals surface area contributed by atoms with Gasteiger partial charge in [0.1, 0.15) is 11.8 Å². The summed E-state index contributed by atoms with van der Waals surface area (Å²) in [5, 5.41) is 10.5. The van der Waals surface area contributed by atoms with Crippen molar-refractivity contribution in [2.24, 2.45) is 0 Å². The first-order valence-electron chi connectivity index (χ1n) is 5.93. The van der Waals surface area contributed by atoms with Gasteiger partial charge in [0, 0.05) is 12.0 Å². The van der Waals surface area contributed by atoms with Gasteiger partial charge in [0.2, 0.25) is 0 Å². The second kappa shape index (κ2) is 6.92. The number of benzene rings is 1. The molecule has 120 valence electrons. The molecular formula is C13H12F3NO5. The highest BCUT2D eigenvalue weighted by Gasteiger charge is 2.41. The van der Waals surface area contributed by atoms with Crippen LogP contribution in [0.3, 0.4) is 0 Å². The van der Waals surface area contributed by atoms with Gasteiger partial charge in [0.15, 0.2) is 5.78 Å². The third-order valence-electron chi connectivity index (χ3n) is 2.63. The van der Waals surface area contributed by atoms with Crippen LogP contribution in [0.2, 0.25) is 0 Å². The van der Waals surface area contributed by atoms with Gasteiger partial charge in [-0.15, -0.1) is 0 Å². The molecule has 22 heavy (non-hydrogen) atoms. The van der Waals surface area contributed by atoms with E-state index in [2.05, 4.69) is 4.74 Å². The van der Waals surface area contributed by atoms with E-state index < -0.39 is 36.3 Å². The number of phenolic OH excluding ortho intramolecular Hbond substituents is 1. The Morgan fingerprint density at radius 2 is 1.77 bits per heavy atom. The predicted octanol–water partition coefficient (Wildman–Crippen LogP) is 1.19. The van der Waals surface area contributed by atoms with Crippen LogP contribution in [-0.4, -0.2) is 42.1 Å². The number of phenols is 1. The highest BCUT2D eigenvalue weighted by atomic mass is 19.4. The van der Waals surface area contributed by atoms with Crippen molar-refractivity contribution in [2.75, 3.05) is 7.11 Å². The van der Waals surface area contributed by atoms with Crippen molar-refractivity contribution in [1.82, 2.24) is 5.32 Å². The van der Waals surface area contributed by atoms with Gasteiger partial charge < -0.3 is 15.2 Å². The molecule has 0 spiro atoms. The molecular weight excluding hydrogens is 307 g/mol. The lowest BCUT2D eigenvalue weighted by atomic mass is 10.0. The molecule has 0 aliphatic carbocycles. The minimum absolute atomic E-state index is 0.0629. The van der Waals surface area contributed by atoms with Crippen LogP contribution in [0.5, 0.6) is 5.75 Å². The van der Waals surface area contributed by atoms with Crippen LogP contribution < -0.4 is 5.32 Å². The van der Waals surface area contributed by atoms with E-state index in [0.717, 1.165) is 7.11 Å². The number of carbonyl (C=O) groups excluding carboxylic acids is 3. The van der Waals surface area contributed by atoms with Crippen molar-refractivity contribution < 1.29 is 37.4 Å². The Labute approximate surface area is 122 Å². The van der Waals surface area contributed by atoms with E-state index in [-0.39, 0.29) is 11.3 Å². The van der Waals surface area contributed by atoms with Crippen molar-refractivity contribution in [3.63, 3.8) is 0 Å². The average molecular weight is 319 g/mol. The molecule has 1 aromatic rings. The summed E-state index contributed by atoms with van der Waals surface area (Å²) in [6, 6.07) is 3.11. The summed E-state index contributed by atoms with van der Waals surface area (Å²) in [7, 11) is 0.917. The van der Waals surface area contributed by atoms with Gasteiger partial charge >= 0.3 is 18.1 Å². The van der Waals surface area contributed by atoms with Crippen LogP contribution >= 0.6 is 0 Å². The van der Waals surface area contributed by atoms with Gasteiger partial charge in [-0.2, -0.15) is 13.2 Å². The zero-order valence-electron chi connectivity index (χ0n) is 11.3. The number of amides is 1. The van der Waals surface area contributed by atoms with E-state index in [0.29, 0.717) is 0 Å². The third kappa shape index (κ3) is 4.76. The molecule has 1 rings (SSSR count). The summed E-state index contributed by atoms with van der Waals surface area (Å²) in [4.78, 5) is 34.2.